The monoisotopic (exact) mass is 207 g/mol. The maximum absolute atomic E-state index is 11.3. The molecule has 0 saturated heterocycles. The Hall–Kier alpha value is -1.58. The molecule has 0 aliphatic rings. The van der Waals surface area contributed by atoms with Gasteiger partial charge in [0.25, 0.3) is 0 Å². The standard InChI is InChI=1S/C11H17N3O/c1-9(2)7-14-11(15)8-13-10-3-5-12-6-4-10/h3-6,9H,7-8H2,1-2H3,(H,12,13)(H,14,15). The van der Waals surface area contributed by atoms with Crippen LogP contribution in [-0.2, 0) is 4.79 Å². The highest BCUT2D eigenvalue weighted by atomic mass is 16.1. The molecule has 0 radical (unpaired) electrons. The van der Waals surface area contributed by atoms with E-state index in [0.717, 1.165) is 12.2 Å². The predicted molar refractivity (Wildman–Crippen MR) is 60.6 cm³/mol. The molecule has 2 N–H and O–H groups in total. The molecule has 1 amide bonds. The molecule has 0 bridgehead atoms. The van der Waals surface area contributed by atoms with Gasteiger partial charge >= 0.3 is 0 Å². The van der Waals surface area contributed by atoms with Gasteiger partial charge in [-0.1, -0.05) is 13.8 Å². The van der Waals surface area contributed by atoms with E-state index in [0.29, 0.717) is 12.5 Å². The Bertz CT molecular complexity index is 298. The number of hydrogen-bond acceptors (Lipinski definition) is 3. The van der Waals surface area contributed by atoms with Crippen LogP contribution in [-0.4, -0.2) is 24.0 Å². The second-order valence-corrected chi connectivity index (χ2v) is 3.79. The highest BCUT2D eigenvalue weighted by Gasteiger charge is 2.01. The number of rotatable bonds is 5. The van der Waals surface area contributed by atoms with Crippen LogP contribution in [0.1, 0.15) is 13.8 Å². The van der Waals surface area contributed by atoms with Gasteiger partial charge in [0.2, 0.25) is 5.91 Å². The second-order valence-electron chi connectivity index (χ2n) is 3.79. The summed E-state index contributed by atoms with van der Waals surface area (Å²) < 4.78 is 0. The molecule has 82 valence electrons. The zero-order chi connectivity index (χ0) is 11.1. The van der Waals surface area contributed by atoms with Crippen molar-refractivity contribution in [2.75, 3.05) is 18.4 Å². The number of anilines is 1. The highest BCUT2D eigenvalue weighted by Crippen LogP contribution is 2.01. The van der Waals surface area contributed by atoms with E-state index in [4.69, 9.17) is 0 Å². The summed E-state index contributed by atoms with van der Waals surface area (Å²) in [6.45, 7) is 5.15. The average Bonchev–Trinajstić information content (AvgIpc) is 2.25. The van der Waals surface area contributed by atoms with Crippen LogP contribution >= 0.6 is 0 Å². The molecule has 4 nitrogen and oxygen atoms in total. The molecule has 0 fully saturated rings. The first kappa shape index (κ1) is 11.5. The number of pyridine rings is 1. The van der Waals surface area contributed by atoms with Crippen molar-refractivity contribution in [2.24, 2.45) is 5.92 Å². The average molecular weight is 207 g/mol. The van der Waals surface area contributed by atoms with Crippen molar-refractivity contribution in [1.82, 2.24) is 10.3 Å². The summed E-state index contributed by atoms with van der Waals surface area (Å²) in [5.41, 5.74) is 0.907. The van der Waals surface area contributed by atoms with E-state index in [1.165, 1.54) is 0 Å². The van der Waals surface area contributed by atoms with E-state index in [1.54, 1.807) is 12.4 Å². The number of amides is 1. The number of hydrogen-bond donors (Lipinski definition) is 2. The van der Waals surface area contributed by atoms with Crippen molar-refractivity contribution in [1.29, 1.82) is 0 Å². The Morgan fingerprint density at radius 2 is 2.07 bits per heavy atom. The molecule has 0 aliphatic heterocycles. The Kier molecular flexibility index (Phi) is 4.60. The van der Waals surface area contributed by atoms with E-state index in [9.17, 15) is 4.79 Å². The first-order chi connectivity index (χ1) is 7.18. The molecule has 15 heavy (non-hydrogen) atoms. The van der Waals surface area contributed by atoms with E-state index < -0.39 is 0 Å². The SMILES string of the molecule is CC(C)CNC(=O)CNc1ccncc1. The summed E-state index contributed by atoms with van der Waals surface area (Å²) in [7, 11) is 0. The van der Waals surface area contributed by atoms with Gasteiger partial charge in [-0.3, -0.25) is 9.78 Å². The summed E-state index contributed by atoms with van der Waals surface area (Å²) in [5.74, 6) is 0.496. The first-order valence-electron chi connectivity index (χ1n) is 5.09. The summed E-state index contributed by atoms with van der Waals surface area (Å²) in [6, 6.07) is 3.66. The van der Waals surface area contributed by atoms with Gasteiger partial charge in [0.05, 0.1) is 6.54 Å². The molecule has 0 aromatic carbocycles. The van der Waals surface area contributed by atoms with Gasteiger partial charge in [-0.25, -0.2) is 0 Å². The van der Waals surface area contributed by atoms with Gasteiger partial charge in [0, 0.05) is 24.6 Å². The summed E-state index contributed by atoms with van der Waals surface area (Å²) in [5, 5.41) is 5.85. The molecule has 1 aromatic heterocycles. The lowest BCUT2D eigenvalue weighted by Gasteiger charge is -2.08. The summed E-state index contributed by atoms with van der Waals surface area (Å²) >= 11 is 0. The molecule has 0 unspecified atom stereocenters. The fraction of sp³-hybridized carbons (Fsp3) is 0.455. The van der Waals surface area contributed by atoms with Crippen LogP contribution in [0.4, 0.5) is 5.69 Å². The van der Waals surface area contributed by atoms with Gasteiger partial charge in [0.15, 0.2) is 0 Å². The minimum atomic E-state index is 0.0144. The van der Waals surface area contributed by atoms with Crippen molar-refractivity contribution in [3.8, 4) is 0 Å². The number of aromatic nitrogens is 1. The molecule has 0 aliphatic carbocycles. The molecule has 1 aromatic rings. The van der Waals surface area contributed by atoms with E-state index in [2.05, 4.69) is 29.5 Å². The number of carbonyl (C=O) groups is 1. The van der Waals surface area contributed by atoms with E-state index in [-0.39, 0.29) is 5.91 Å². The molecule has 0 spiro atoms. The Morgan fingerprint density at radius 1 is 1.40 bits per heavy atom. The van der Waals surface area contributed by atoms with Crippen LogP contribution in [0.5, 0.6) is 0 Å². The maximum atomic E-state index is 11.3. The minimum absolute atomic E-state index is 0.0144. The van der Waals surface area contributed by atoms with Gasteiger partial charge in [-0.2, -0.15) is 0 Å². The molecular weight excluding hydrogens is 190 g/mol. The lowest BCUT2D eigenvalue weighted by molar-refractivity contribution is -0.119. The lowest BCUT2D eigenvalue weighted by Crippen LogP contribution is -2.32. The van der Waals surface area contributed by atoms with Crippen molar-refractivity contribution in [3.63, 3.8) is 0 Å². The number of nitrogens with one attached hydrogen (secondary N) is 2. The van der Waals surface area contributed by atoms with Crippen LogP contribution in [0, 0.1) is 5.92 Å². The summed E-state index contributed by atoms with van der Waals surface area (Å²) in [4.78, 5) is 15.2. The zero-order valence-corrected chi connectivity index (χ0v) is 9.16. The van der Waals surface area contributed by atoms with E-state index >= 15 is 0 Å². The highest BCUT2D eigenvalue weighted by molar-refractivity contribution is 5.80. The molecule has 0 atom stereocenters. The third-order valence-electron chi connectivity index (χ3n) is 1.84. The Balaban J connectivity index is 2.23. The van der Waals surface area contributed by atoms with Gasteiger partial charge in [0.1, 0.15) is 0 Å². The first-order valence-corrected chi connectivity index (χ1v) is 5.09. The quantitative estimate of drug-likeness (QED) is 0.764. The van der Waals surface area contributed by atoms with Gasteiger partial charge < -0.3 is 10.6 Å². The van der Waals surface area contributed by atoms with Crippen LogP contribution in [0.15, 0.2) is 24.5 Å². The normalized spacial score (nSPS) is 10.1. The van der Waals surface area contributed by atoms with Crippen LogP contribution < -0.4 is 10.6 Å². The zero-order valence-electron chi connectivity index (χ0n) is 9.16. The fourth-order valence-electron chi connectivity index (χ4n) is 1.03. The van der Waals surface area contributed by atoms with Gasteiger partial charge in [-0.15, -0.1) is 0 Å². The third kappa shape index (κ3) is 5.00. The number of carbonyl (C=O) groups excluding carboxylic acids is 1. The smallest absolute Gasteiger partial charge is 0.239 e. The van der Waals surface area contributed by atoms with Crippen molar-refractivity contribution in [2.45, 2.75) is 13.8 Å². The number of nitrogens with zero attached hydrogens (tertiary/aromatic N) is 1. The van der Waals surface area contributed by atoms with Crippen molar-refractivity contribution < 1.29 is 4.79 Å². The lowest BCUT2D eigenvalue weighted by atomic mass is 10.2. The second kappa shape index (κ2) is 6.01. The molecular formula is C11H17N3O. The topological polar surface area (TPSA) is 54.0 Å². The maximum Gasteiger partial charge on any atom is 0.239 e. The van der Waals surface area contributed by atoms with Crippen LogP contribution in [0.25, 0.3) is 0 Å². The minimum Gasteiger partial charge on any atom is -0.376 e. The largest absolute Gasteiger partial charge is 0.376 e. The predicted octanol–water partition coefficient (Wildman–Crippen LogP) is 1.27. The molecule has 1 rings (SSSR count). The third-order valence-corrected chi connectivity index (χ3v) is 1.84. The van der Waals surface area contributed by atoms with E-state index in [1.807, 2.05) is 12.1 Å². The van der Waals surface area contributed by atoms with Crippen molar-refractivity contribution in [3.05, 3.63) is 24.5 Å². The fourth-order valence-corrected chi connectivity index (χ4v) is 1.03. The summed E-state index contributed by atoms with van der Waals surface area (Å²) in [6.07, 6.45) is 3.38. The Labute approximate surface area is 90.1 Å². The Morgan fingerprint density at radius 3 is 2.67 bits per heavy atom. The molecule has 1 heterocycles. The van der Waals surface area contributed by atoms with Gasteiger partial charge in [-0.05, 0) is 18.1 Å². The molecule has 0 saturated carbocycles. The van der Waals surface area contributed by atoms with Crippen LogP contribution in [0.2, 0.25) is 0 Å². The van der Waals surface area contributed by atoms with Crippen molar-refractivity contribution >= 4 is 11.6 Å². The molecule has 4 heteroatoms. The van der Waals surface area contributed by atoms with Crippen LogP contribution in [0.3, 0.4) is 0 Å².